The molecule has 0 aromatic carbocycles. The lowest BCUT2D eigenvalue weighted by Crippen LogP contribution is -2.67. The van der Waals surface area contributed by atoms with E-state index in [0.717, 1.165) is 25.8 Å². The molecule has 2 rings (SSSR count). The van der Waals surface area contributed by atoms with Gasteiger partial charge in [-0.2, -0.15) is 0 Å². The molecule has 1 amide bonds. The highest BCUT2D eigenvalue weighted by Crippen LogP contribution is 2.38. The van der Waals surface area contributed by atoms with Gasteiger partial charge in [0.1, 0.15) is 29.9 Å². The Morgan fingerprint density at radius 3 is 2.40 bits per heavy atom. The Labute approximate surface area is 185 Å². The van der Waals surface area contributed by atoms with E-state index in [2.05, 4.69) is 31.0 Å². The Bertz CT molecular complexity index is 574. The zero-order chi connectivity index (χ0) is 22.8. The van der Waals surface area contributed by atoms with Crippen LogP contribution in [0.4, 0.5) is 0 Å². The van der Waals surface area contributed by atoms with Crippen LogP contribution in [0.25, 0.3) is 0 Å². The highest BCUT2D eigenvalue weighted by molar-refractivity contribution is 7.99. The van der Waals surface area contributed by atoms with Gasteiger partial charge in [0, 0.05) is 6.54 Å². The van der Waals surface area contributed by atoms with Crippen molar-refractivity contribution in [3.8, 4) is 0 Å². The van der Waals surface area contributed by atoms with Crippen molar-refractivity contribution in [2.24, 2.45) is 17.3 Å². The molecule has 3 unspecified atom stereocenters. The van der Waals surface area contributed by atoms with E-state index in [-0.39, 0.29) is 17.9 Å². The summed E-state index contributed by atoms with van der Waals surface area (Å²) in [5.74, 6) is 0.637. The summed E-state index contributed by atoms with van der Waals surface area (Å²) in [7, 11) is 1.98. The van der Waals surface area contributed by atoms with Gasteiger partial charge in [-0.25, -0.2) is 0 Å². The highest BCUT2D eigenvalue weighted by atomic mass is 32.2. The van der Waals surface area contributed by atoms with Crippen molar-refractivity contribution in [1.29, 1.82) is 0 Å². The normalized spacial score (nSPS) is 36.8. The maximum Gasteiger partial charge on any atom is 0.237 e. The fraction of sp³-hybridized carbons (Fsp3) is 0.955. The summed E-state index contributed by atoms with van der Waals surface area (Å²) in [4.78, 5) is 15.4. The number of amides is 1. The fourth-order valence-electron chi connectivity index (χ4n) is 4.67. The summed E-state index contributed by atoms with van der Waals surface area (Å²) in [5, 5.41) is 34.6. The minimum absolute atomic E-state index is 0.0630. The van der Waals surface area contributed by atoms with Gasteiger partial charge in [0.05, 0.1) is 12.1 Å². The first-order valence-corrected chi connectivity index (χ1v) is 12.5. The van der Waals surface area contributed by atoms with E-state index in [9.17, 15) is 20.1 Å². The van der Waals surface area contributed by atoms with Gasteiger partial charge in [-0.1, -0.05) is 41.0 Å². The molecule has 30 heavy (non-hydrogen) atoms. The van der Waals surface area contributed by atoms with E-state index < -0.39 is 41.3 Å². The van der Waals surface area contributed by atoms with Crippen LogP contribution < -0.4 is 5.32 Å². The SMILES string of the molecule is CCC[C@@H]1C[C@@H](C(=O)N[C@@H]([C@H]2OC(SC)[C@H](O)C(O)C2O)C(C)(C)C(C)C)N(C)C1. The lowest BCUT2D eigenvalue weighted by molar-refractivity contribution is -0.214. The van der Waals surface area contributed by atoms with Crippen LogP contribution in [0.5, 0.6) is 0 Å². The molecule has 0 saturated carbocycles. The van der Waals surface area contributed by atoms with Crippen LogP contribution in [-0.4, -0.2) is 87.9 Å². The Balaban J connectivity index is 2.27. The van der Waals surface area contributed by atoms with Crippen molar-refractivity contribution in [3.63, 3.8) is 0 Å². The maximum absolute atomic E-state index is 13.3. The maximum atomic E-state index is 13.3. The zero-order valence-electron chi connectivity index (χ0n) is 19.5. The molecule has 7 nitrogen and oxygen atoms in total. The van der Waals surface area contributed by atoms with Gasteiger partial charge in [-0.05, 0) is 43.4 Å². The number of nitrogens with one attached hydrogen (secondary N) is 1. The number of rotatable bonds is 8. The van der Waals surface area contributed by atoms with Crippen molar-refractivity contribution in [2.45, 2.75) is 95.8 Å². The molecule has 176 valence electrons. The van der Waals surface area contributed by atoms with Crippen LogP contribution in [0.3, 0.4) is 0 Å². The second-order valence-corrected chi connectivity index (χ2v) is 10.9. The molecule has 2 fully saturated rings. The summed E-state index contributed by atoms with van der Waals surface area (Å²) in [6.07, 6.45) is 0.215. The van der Waals surface area contributed by atoms with Crippen LogP contribution in [0, 0.1) is 17.3 Å². The first kappa shape index (κ1) is 25.9. The molecule has 2 heterocycles. The smallest absolute Gasteiger partial charge is 0.237 e. The van der Waals surface area contributed by atoms with Crippen LogP contribution in [0.1, 0.15) is 53.9 Å². The zero-order valence-corrected chi connectivity index (χ0v) is 20.4. The average Bonchev–Trinajstić information content (AvgIpc) is 3.05. The summed E-state index contributed by atoms with van der Waals surface area (Å²) in [5.41, 5.74) is -1.08. The van der Waals surface area contributed by atoms with Crippen molar-refractivity contribution in [3.05, 3.63) is 0 Å². The molecular formula is C22H42N2O5S. The number of likely N-dealkylation sites (N-methyl/N-ethyl adjacent to an activating group) is 1. The molecule has 4 N–H and O–H groups in total. The number of carbonyl (C=O) groups excluding carboxylic acids is 1. The minimum Gasteiger partial charge on any atom is -0.388 e. The summed E-state index contributed by atoms with van der Waals surface area (Å²) in [6.45, 7) is 11.3. The van der Waals surface area contributed by atoms with Gasteiger partial charge in [0.15, 0.2) is 0 Å². The van der Waals surface area contributed by atoms with Crippen molar-refractivity contribution >= 4 is 17.7 Å². The quantitative estimate of drug-likeness (QED) is 0.447. The molecule has 0 spiro atoms. The largest absolute Gasteiger partial charge is 0.388 e. The third kappa shape index (κ3) is 5.33. The van der Waals surface area contributed by atoms with Gasteiger partial charge >= 0.3 is 0 Å². The molecule has 0 aromatic rings. The second kappa shape index (κ2) is 10.5. The third-order valence-electron chi connectivity index (χ3n) is 7.39. The number of hydrogen-bond donors (Lipinski definition) is 4. The molecule has 0 radical (unpaired) electrons. The number of aliphatic hydroxyl groups excluding tert-OH is 3. The molecule has 8 atom stereocenters. The molecule has 0 bridgehead atoms. The summed E-state index contributed by atoms with van der Waals surface area (Å²) < 4.78 is 6.05. The van der Waals surface area contributed by atoms with E-state index in [1.807, 2.05) is 20.9 Å². The number of thioether (sulfide) groups is 1. The van der Waals surface area contributed by atoms with E-state index >= 15 is 0 Å². The predicted molar refractivity (Wildman–Crippen MR) is 120 cm³/mol. The van der Waals surface area contributed by atoms with Crippen molar-refractivity contribution in [1.82, 2.24) is 10.2 Å². The first-order chi connectivity index (χ1) is 13.9. The molecule has 2 aliphatic heterocycles. The topological polar surface area (TPSA) is 102 Å². The number of likely N-dealkylation sites (tertiary alicyclic amines) is 1. The lowest BCUT2D eigenvalue weighted by atomic mass is 9.70. The number of nitrogens with zero attached hydrogens (tertiary/aromatic N) is 1. The molecule has 2 aliphatic rings. The van der Waals surface area contributed by atoms with Gasteiger partial charge in [0.25, 0.3) is 0 Å². The average molecular weight is 447 g/mol. The number of carbonyl (C=O) groups is 1. The molecule has 2 saturated heterocycles. The van der Waals surface area contributed by atoms with Gasteiger partial charge < -0.3 is 25.4 Å². The van der Waals surface area contributed by atoms with Crippen LogP contribution in [0.15, 0.2) is 0 Å². The lowest BCUT2D eigenvalue weighted by Gasteiger charge is -2.49. The van der Waals surface area contributed by atoms with Gasteiger partial charge in [0.2, 0.25) is 5.91 Å². The predicted octanol–water partition coefficient (Wildman–Crippen LogP) is 1.44. The van der Waals surface area contributed by atoms with Crippen LogP contribution in [-0.2, 0) is 9.53 Å². The van der Waals surface area contributed by atoms with E-state index in [4.69, 9.17) is 4.74 Å². The van der Waals surface area contributed by atoms with Gasteiger partial charge in [-0.3, -0.25) is 9.69 Å². The van der Waals surface area contributed by atoms with Gasteiger partial charge in [-0.15, -0.1) is 11.8 Å². The van der Waals surface area contributed by atoms with Crippen molar-refractivity contribution < 1.29 is 24.9 Å². The fourth-order valence-corrected chi connectivity index (χ4v) is 5.35. The first-order valence-electron chi connectivity index (χ1n) is 11.2. The summed E-state index contributed by atoms with van der Waals surface area (Å²) in [6, 6.07) is -0.727. The number of hydrogen-bond acceptors (Lipinski definition) is 7. The van der Waals surface area contributed by atoms with Crippen LogP contribution >= 0.6 is 11.8 Å². The number of ether oxygens (including phenoxy) is 1. The molecular weight excluding hydrogens is 404 g/mol. The standard InChI is InChI=1S/C22H42N2O5S/c1-8-9-13-10-14(24(6)11-13)20(28)23-19(22(4,5)12(2)3)18-16(26)15(25)17(27)21(29-18)30-7/h12-19,21,25-27H,8-11H2,1-7H3,(H,23,28)/t13-,14+,15?,16?,17-,18+,19+,21?/m1/s1. The molecule has 8 heteroatoms. The third-order valence-corrected chi connectivity index (χ3v) is 8.24. The highest BCUT2D eigenvalue weighted by Gasteiger charge is 2.51. The van der Waals surface area contributed by atoms with Crippen molar-refractivity contribution in [2.75, 3.05) is 19.8 Å². The van der Waals surface area contributed by atoms with E-state index in [1.54, 1.807) is 6.26 Å². The van der Waals surface area contributed by atoms with Crippen LogP contribution in [0.2, 0.25) is 0 Å². The minimum atomic E-state index is -1.33. The Kier molecular flexibility index (Phi) is 9.05. The number of aliphatic hydroxyl groups is 3. The monoisotopic (exact) mass is 446 g/mol. The molecule has 0 aromatic heterocycles. The Hall–Kier alpha value is -0.380. The Morgan fingerprint density at radius 2 is 1.87 bits per heavy atom. The van der Waals surface area contributed by atoms with E-state index in [0.29, 0.717) is 5.92 Å². The van der Waals surface area contributed by atoms with E-state index in [1.165, 1.54) is 11.8 Å². The Morgan fingerprint density at radius 1 is 1.23 bits per heavy atom. The molecule has 0 aliphatic carbocycles. The second-order valence-electron chi connectivity index (χ2n) is 9.98. The summed E-state index contributed by atoms with van der Waals surface area (Å²) >= 11 is 1.29.